The van der Waals surface area contributed by atoms with Gasteiger partial charge in [0.1, 0.15) is 24.0 Å². The second-order valence-electron chi connectivity index (χ2n) is 14.7. The van der Waals surface area contributed by atoms with E-state index in [9.17, 15) is 24.9 Å². The summed E-state index contributed by atoms with van der Waals surface area (Å²) in [5.74, 6) is 0.486. The predicted molar refractivity (Wildman–Crippen MR) is 195 cm³/mol. The third-order valence-electron chi connectivity index (χ3n) is 11.6. The van der Waals surface area contributed by atoms with Crippen LogP contribution in [-0.4, -0.2) is 90.8 Å². The summed E-state index contributed by atoms with van der Waals surface area (Å²) in [5, 5.41) is 41.2. The maximum absolute atomic E-state index is 13.1. The molecular formula is C40H53N4O7+. The van der Waals surface area contributed by atoms with E-state index < -0.39 is 11.7 Å². The zero-order valence-electron chi connectivity index (χ0n) is 29.5. The monoisotopic (exact) mass is 701 g/mol. The number of ether oxygens (including phenoxy) is 2. The van der Waals surface area contributed by atoms with Gasteiger partial charge in [-0.25, -0.2) is 0 Å². The van der Waals surface area contributed by atoms with Crippen LogP contribution in [0.5, 0.6) is 5.75 Å². The number of aliphatic hydroxyl groups excluding tert-OH is 1. The number of aliphatic hydroxyl groups is 2. The van der Waals surface area contributed by atoms with Gasteiger partial charge in [0, 0.05) is 44.6 Å². The Morgan fingerprint density at radius 2 is 1.80 bits per heavy atom. The van der Waals surface area contributed by atoms with E-state index in [1.165, 1.54) is 6.07 Å². The summed E-state index contributed by atoms with van der Waals surface area (Å²) in [7, 11) is 1.75. The smallest absolute Gasteiger partial charge is 0.230 e. The molecule has 4 aliphatic rings. The van der Waals surface area contributed by atoms with Crippen LogP contribution in [0.25, 0.3) is 0 Å². The van der Waals surface area contributed by atoms with E-state index in [0.29, 0.717) is 30.9 Å². The molecule has 0 spiro atoms. The maximum Gasteiger partial charge on any atom is 0.230 e. The summed E-state index contributed by atoms with van der Waals surface area (Å²) >= 11 is 0. The number of carbonyl (C=O) groups excluding carboxylic acids is 2. The first-order valence-electron chi connectivity index (χ1n) is 18.3. The molecule has 3 aromatic carbocycles. The molecule has 2 bridgehead atoms. The largest absolute Gasteiger partial charge is 0.506 e. The highest BCUT2D eigenvalue weighted by atomic mass is 16.5. The highest BCUT2D eigenvalue weighted by Gasteiger charge is 2.49. The van der Waals surface area contributed by atoms with E-state index in [1.54, 1.807) is 19.2 Å². The quantitative estimate of drug-likeness (QED) is 0.0688. The van der Waals surface area contributed by atoms with Crippen molar-refractivity contribution in [1.82, 2.24) is 5.32 Å². The van der Waals surface area contributed by atoms with Gasteiger partial charge >= 0.3 is 0 Å². The van der Waals surface area contributed by atoms with Crippen LogP contribution in [0.15, 0.2) is 72.8 Å². The topological polar surface area (TPSA) is 149 Å². The third kappa shape index (κ3) is 8.97. The van der Waals surface area contributed by atoms with Crippen LogP contribution in [-0.2, 0) is 31.2 Å². The Hall–Kier alpha value is -3.84. The lowest BCUT2D eigenvalue weighted by Crippen LogP contribution is -2.65. The zero-order chi connectivity index (χ0) is 35.8. The van der Waals surface area contributed by atoms with Gasteiger partial charge in [-0.1, -0.05) is 48.5 Å². The number of nitrogens with zero attached hydrogens (tertiary/aromatic N) is 1. The van der Waals surface area contributed by atoms with Gasteiger partial charge in [-0.2, -0.15) is 0 Å². The average Bonchev–Trinajstić information content (AvgIpc) is 3.66. The minimum absolute atomic E-state index is 0.00798. The molecule has 6 N–H and O–H groups in total. The lowest BCUT2D eigenvalue weighted by Gasteiger charge is -2.52. The number of benzene rings is 3. The fourth-order valence-electron chi connectivity index (χ4n) is 8.39. The highest BCUT2D eigenvalue weighted by Crippen LogP contribution is 2.43. The SMILES string of the molecule is COC1CCC(C(O)(CO[C@H]2C[N+]3(CCC(=O)Nc4ccc(CNC[C@H](O)c5ccc(O)c(NC=O)c5)cc4)CCC2CC3)c2ccccc2)C1. The second kappa shape index (κ2) is 16.7. The Morgan fingerprint density at radius 1 is 1.04 bits per heavy atom. The van der Waals surface area contributed by atoms with Gasteiger partial charge in [0.25, 0.3) is 0 Å². The summed E-state index contributed by atoms with van der Waals surface area (Å²) in [6, 6.07) is 22.2. The fourth-order valence-corrected chi connectivity index (χ4v) is 8.39. The summed E-state index contributed by atoms with van der Waals surface area (Å²) in [6.45, 7) is 4.80. The molecule has 51 heavy (non-hydrogen) atoms. The number of hydrogen-bond donors (Lipinski definition) is 6. The molecule has 3 unspecified atom stereocenters. The molecule has 2 amide bonds. The van der Waals surface area contributed by atoms with Gasteiger partial charge in [-0.3, -0.25) is 9.59 Å². The average molecular weight is 702 g/mol. The van der Waals surface area contributed by atoms with E-state index in [4.69, 9.17) is 9.47 Å². The molecule has 4 fully saturated rings. The van der Waals surface area contributed by atoms with Crippen molar-refractivity contribution in [3.05, 3.63) is 89.5 Å². The van der Waals surface area contributed by atoms with Crippen molar-refractivity contribution in [2.24, 2.45) is 11.8 Å². The number of phenols is 1. The molecule has 0 aromatic heterocycles. The molecule has 1 saturated carbocycles. The molecule has 3 heterocycles. The lowest BCUT2D eigenvalue weighted by molar-refractivity contribution is -0.946. The number of nitrogens with one attached hydrogen (secondary N) is 3. The molecule has 7 rings (SSSR count). The lowest BCUT2D eigenvalue weighted by atomic mass is 9.80. The first-order valence-corrected chi connectivity index (χ1v) is 18.3. The van der Waals surface area contributed by atoms with E-state index in [2.05, 4.69) is 16.0 Å². The molecule has 274 valence electrons. The summed E-state index contributed by atoms with van der Waals surface area (Å²) in [4.78, 5) is 23.8. The number of quaternary nitrogens is 1. The van der Waals surface area contributed by atoms with Crippen molar-refractivity contribution in [2.45, 2.75) is 69.0 Å². The summed E-state index contributed by atoms with van der Waals surface area (Å²) in [5.41, 5.74) is 2.40. The molecule has 3 aromatic rings. The van der Waals surface area contributed by atoms with Crippen LogP contribution in [0.4, 0.5) is 11.4 Å². The summed E-state index contributed by atoms with van der Waals surface area (Å²) in [6.07, 6.45) is 5.14. The molecular weight excluding hydrogens is 648 g/mol. The van der Waals surface area contributed by atoms with E-state index >= 15 is 0 Å². The number of rotatable bonds is 17. The minimum atomic E-state index is -1.06. The van der Waals surface area contributed by atoms with Crippen LogP contribution in [0.2, 0.25) is 0 Å². The van der Waals surface area contributed by atoms with E-state index in [-0.39, 0.29) is 48.6 Å². The zero-order valence-corrected chi connectivity index (χ0v) is 29.5. The number of aromatic hydroxyl groups is 1. The molecule has 0 radical (unpaired) electrons. The first kappa shape index (κ1) is 36.9. The minimum Gasteiger partial charge on any atom is -0.506 e. The van der Waals surface area contributed by atoms with Gasteiger partial charge in [0.2, 0.25) is 12.3 Å². The van der Waals surface area contributed by atoms with Crippen LogP contribution < -0.4 is 16.0 Å². The molecule has 5 atom stereocenters. The summed E-state index contributed by atoms with van der Waals surface area (Å²) < 4.78 is 13.2. The highest BCUT2D eigenvalue weighted by molar-refractivity contribution is 5.90. The Bertz CT molecular complexity index is 1600. The van der Waals surface area contributed by atoms with Crippen molar-refractivity contribution in [3.8, 4) is 5.75 Å². The van der Waals surface area contributed by atoms with Crippen LogP contribution in [0.1, 0.15) is 61.3 Å². The number of fused-ring (bicyclic) bond motifs is 3. The molecule has 3 saturated heterocycles. The van der Waals surface area contributed by atoms with Gasteiger partial charge in [0.15, 0.2) is 0 Å². The molecule has 3 aliphatic heterocycles. The van der Waals surface area contributed by atoms with Crippen molar-refractivity contribution in [2.75, 3.05) is 57.1 Å². The van der Waals surface area contributed by atoms with Crippen molar-refractivity contribution in [3.63, 3.8) is 0 Å². The number of carbonyl (C=O) groups is 2. The fraction of sp³-hybridized carbons (Fsp3) is 0.500. The van der Waals surface area contributed by atoms with Gasteiger partial charge < -0.3 is 45.2 Å². The first-order chi connectivity index (χ1) is 24.7. The van der Waals surface area contributed by atoms with Crippen molar-refractivity contribution in [1.29, 1.82) is 0 Å². The number of phenolic OH excluding ortho intramolecular Hbond substituents is 1. The van der Waals surface area contributed by atoms with Crippen molar-refractivity contribution < 1.29 is 38.9 Å². The van der Waals surface area contributed by atoms with Crippen LogP contribution in [0, 0.1) is 11.8 Å². The number of methoxy groups -OCH3 is 1. The van der Waals surface area contributed by atoms with Crippen molar-refractivity contribution >= 4 is 23.7 Å². The maximum atomic E-state index is 13.1. The normalized spacial score (nSPS) is 25.9. The Balaban J connectivity index is 0.966. The Morgan fingerprint density at radius 3 is 2.51 bits per heavy atom. The number of anilines is 2. The van der Waals surface area contributed by atoms with Crippen LogP contribution >= 0.6 is 0 Å². The third-order valence-corrected chi connectivity index (χ3v) is 11.6. The number of amides is 2. The van der Waals surface area contributed by atoms with E-state index in [1.807, 2.05) is 54.6 Å². The van der Waals surface area contributed by atoms with Gasteiger partial charge in [-0.05, 0) is 66.1 Å². The second-order valence-corrected chi connectivity index (χ2v) is 14.7. The standard InChI is InChI=1S/C40H52N4O7/c1-50-34-13-10-32(22-34)40(49,31-5-3-2-4-6-31)26-51-38-25-44(18-15-29(38)16-19-44)20-17-39(48)43-33-11-7-28(8-12-33)23-41-24-37(47)30-9-14-36(46)35(21-30)42-27-45/h2-9,11-12,14,21,27,29,32,34,37-38,41,47,49H,10,13,15-20,22-26H2,1H3,(H2-,42,43,45,46,48)/p+1/t29?,32?,34?,37-,38-,40?,44?/m0/s1. The number of hydrogen-bond acceptors (Lipinski definition) is 8. The molecule has 1 aliphatic carbocycles. The van der Waals surface area contributed by atoms with Gasteiger partial charge in [-0.15, -0.1) is 0 Å². The molecule has 11 nitrogen and oxygen atoms in total. The predicted octanol–water partition coefficient (Wildman–Crippen LogP) is 4.44. The van der Waals surface area contributed by atoms with Crippen LogP contribution in [0.3, 0.4) is 0 Å². The van der Waals surface area contributed by atoms with E-state index in [0.717, 1.165) is 79.6 Å². The molecule has 11 heteroatoms. The Labute approximate surface area is 300 Å². The van der Waals surface area contributed by atoms with Gasteiger partial charge in [0.05, 0.1) is 50.6 Å². The number of piperidine rings is 3. The Kier molecular flexibility index (Phi) is 12.1.